The van der Waals surface area contributed by atoms with E-state index >= 15 is 0 Å². The number of imide groups is 1. The van der Waals surface area contributed by atoms with E-state index in [9.17, 15) is 14.4 Å². The molecule has 2 atom stereocenters. The third kappa shape index (κ3) is 2.91. The van der Waals surface area contributed by atoms with Crippen LogP contribution in [0.3, 0.4) is 0 Å². The highest BCUT2D eigenvalue weighted by atomic mass is 16.2. The van der Waals surface area contributed by atoms with Crippen molar-refractivity contribution >= 4 is 17.7 Å². The molecule has 7 nitrogen and oxygen atoms in total. The Morgan fingerprint density at radius 3 is 2.73 bits per heavy atom. The summed E-state index contributed by atoms with van der Waals surface area (Å²) in [6.07, 6.45) is 0.666. The van der Waals surface area contributed by atoms with E-state index in [1.54, 1.807) is 4.90 Å². The highest BCUT2D eigenvalue weighted by Gasteiger charge is 2.39. The summed E-state index contributed by atoms with van der Waals surface area (Å²) < 4.78 is 0. The highest BCUT2D eigenvalue weighted by molar-refractivity contribution is 6.05. The van der Waals surface area contributed by atoms with Crippen molar-refractivity contribution in [1.29, 1.82) is 0 Å². The first-order valence-electron chi connectivity index (χ1n) is 9.10. The summed E-state index contributed by atoms with van der Waals surface area (Å²) in [7, 11) is 0. The number of rotatable bonds is 4. The third-order valence-corrected chi connectivity index (χ3v) is 5.77. The van der Waals surface area contributed by atoms with Crippen LogP contribution in [0.5, 0.6) is 0 Å². The van der Waals surface area contributed by atoms with Gasteiger partial charge in [0.25, 0.3) is 5.91 Å². The van der Waals surface area contributed by atoms with Gasteiger partial charge in [-0.05, 0) is 37.5 Å². The lowest BCUT2D eigenvalue weighted by Crippen LogP contribution is -2.70. The molecule has 1 aromatic carbocycles. The second kappa shape index (κ2) is 6.17. The van der Waals surface area contributed by atoms with Crippen LogP contribution in [0.15, 0.2) is 18.2 Å². The van der Waals surface area contributed by atoms with Crippen molar-refractivity contribution < 1.29 is 14.4 Å². The minimum absolute atomic E-state index is 0.106. The molecule has 2 saturated heterocycles. The number of nitrogens with zero attached hydrogens (tertiary/aromatic N) is 1. The Balaban J connectivity index is 1.45. The lowest BCUT2D eigenvalue weighted by atomic mass is 9.86. The number of hydrogen-bond acceptors (Lipinski definition) is 5. The van der Waals surface area contributed by atoms with Gasteiger partial charge in [0.05, 0.1) is 0 Å². The SMILES string of the molecule is CC1(C)NCC1NCc1ccc2c(c1)CN(C1CCC(=O)NC1=O)C2=O. The minimum Gasteiger partial charge on any atom is -0.322 e. The number of nitrogens with one attached hydrogen (secondary N) is 3. The van der Waals surface area contributed by atoms with Crippen LogP contribution in [0.1, 0.15) is 48.2 Å². The van der Waals surface area contributed by atoms with Gasteiger partial charge < -0.3 is 15.5 Å². The first kappa shape index (κ1) is 17.2. The van der Waals surface area contributed by atoms with E-state index in [0.717, 1.165) is 24.2 Å². The van der Waals surface area contributed by atoms with Crippen molar-refractivity contribution in [2.45, 2.75) is 57.4 Å². The predicted octanol–water partition coefficient (Wildman–Crippen LogP) is 0.288. The van der Waals surface area contributed by atoms with Gasteiger partial charge in [-0.25, -0.2) is 0 Å². The molecule has 2 fully saturated rings. The van der Waals surface area contributed by atoms with Crippen molar-refractivity contribution in [3.63, 3.8) is 0 Å². The Morgan fingerprint density at radius 1 is 1.27 bits per heavy atom. The molecule has 2 unspecified atom stereocenters. The second-order valence-corrected chi connectivity index (χ2v) is 7.93. The zero-order valence-corrected chi connectivity index (χ0v) is 15.1. The smallest absolute Gasteiger partial charge is 0.255 e. The van der Waals surface area contributed by atoms with Crippen LogP contribution in [0.2, 0.25) is 0 Å². The highest BCUT2D eigenvalue weighted by Crippen LogP contribution is 2.28. The van der Waals surface area contributed by atoms with Gasteiger partial charge in [0, 0.05) is 43.2 Å². The molecule has 0 saturated carbocycles. The van der Waals surface area contributed by atoms with Crippen molar-refractivity contribution in [2.75, 3.05) is 6.54 Å². The van der Waals surface area contributed by atoms with Crippen LogP contribution >= 0.6 is 0 Å². The van der Waals surface area contributed by atoms with E-state index in [1.165, 1.54) is 0 Å². The van der Waals surface area contributed by atoms with Crippen molar-refractivity contribution in [2.24, 2.45) is 0 Å². The van der Waals surface area contributed by atoms with Crippen LogP contribution in [0, 0.1) is 0 Å². The Kier molecular flexibility index (Phi) is 4.08. The molecule has 0 spiro atoms. The molecule has 3 heterocycles. The maximum atomic E-state index is 12.7. The maximum Gasteiger partial charge on any atom is 0.255 e. The fraction of sp³-hybridized carbons (Fsp3) is 0.526. The zero-order valence-electron chi connectivity index (χ0n) is 15.1. The summed E-state index contributed by atoms with van der Waals surface area (Å²) in [5.74, 6) is -0.764. The lowest BCUT2D eigenvalue weighted by Gasteiger charge is -2.46. The van der Waals surface area contributed by atoms with Crippen molar-refractivity contribution in [3.8, 4) is 0 Å². The summed E-state index contributed by atoms with van der Waals surface area (Å²) >= 11 is 0. The summed E-state index contributed by atoms with van der Waals surface area (Å²) in [6.45, 7) is 6.47. The van der Waals surface area contributed by atoms with Crippen LogP contribution in [0.4, 0.5) is 0 Å². The number of amides is 3. The van der Waals surface area contributed by atoms with Crippen LogP contribution in [0.25, 0.3) is 0 Å². The minimum atomic E-state index is -0.559. The molecule has 3 N–H and O–H groups in total. The molecule has 0 bridgehead atoms. The Hall–Kier alpha value is -2.25. The summed E-state index contributed by atoms with van der Waals surface area (Å²) in [4.78, 5) is 37.7. The van der Waals surface area contributed by atoms with Crippen LogP contribution in [-0.2, 0) is 22.7 Å². The van der Waals surface area contributed by atoms with E-state index in [1.807, 2.05) is 18.2 Å². The van der Waals surface area contributed by atoms with Crippen molar-refractivity contribution in [1.82, 2.24) is 20.9 Å². The molecule has 0 aliphatic carbocycles. The standard InChI is InChI=1S/C19H24N4O3/c1-19(2)15(9-21-19)20-8-11-3-4-13-12(7-11)10-23(18(13)26)14-5-6-16(24)22-17(14)25/h3-4,7,14-15,20-21H,5-6,8-10H2,1-2H3,(H,22,24,25). The van der Waals surface area contributed by atoms with Gasteiger partial charge in [0.15, 0.2) is 0 Å². The fourth-order valence-electron chi connectivity index (χ4n) is 3.92. The summed E-state index contributed by atoms with van der Waals surface area (Å²) in [5.41, 5.74) is 2.84. The van der Waals surface area contributed by atoms with Gasteiger partial charge >= 0.3 is 0 Å². The summed E-state index contributed by atoms with van der Waals surface area (Å²) in [6, 6.07) is 5.74. The monoisotopic (exact) mass is 356 g/mol. The molecular weight excluding hydrogens is 332 g/mol. The predicted molar refractivity (Wildman–Crippen MR) is 95.2 cm³/mol. The molecule has 3 aliphatic heterocycles. The number of hydrogen-bond donors (Lipinski definition) is 3. The average molecular weight is 356 g/mol. The molecule has 3 aliphatic rings. The first-order chi connectivity index (χ1) is 12.3. The van der Waals surface area contributed by atoms with Gasteiger partial charge in [0.2, 0.25) is 11.8 Å². The molecule has 3 amide bonds. The van der Waals surface area contributed by atoms with Crippen LogP contribution in [-0.4, -0.2) is 46.8 Å². The fourth-order valence-corrected chi connectivity index (χ4v) is 3.92. The first-order valence-corrected chi connectivity index (χ1v) is 9.10. The Morgan fingerprint density at radius 2 is 2.08 bits per heavy atom. The van der Waals surface area contributed by atoms with Crippen molar-refractivity contribution in [3.05, 3.63) is 34.9 Å². The molecule has 4 rings (SSSR count). The second-order valence-electron chi connectivity index (χ2n) is 7.93. The van der Waals surface area contributed by atoms with E-state index < -0.39 is 6.04 Å². The lowest BCUT2D eigenvalue weighted by molar-refractivity contribution is -0.136. The number of fused-ring (bicyclic) bond motifs is 1. The van der Waals surface area contributed by atoms with Gasteiger partial charge in [-0.1, -0.05) is 12.1 Å². The molecule has 1 aromatic rings. The zero-order chi connectivity index (χ0) is 18.5. The number of carbonyl (C=O) groups excluding carboxylic acids is 3. The number of carbonyl (C=O) groups is 3. The molecule has 26 heavy (non-hydrogen) atoms. The Labute approximate surface area is 152 Å². The van der Waals surface area contributed by atoms with E-state index in [-0.39, 0.29) is 29.7 Å². The Bertz CT molecular complexity index is 789. The molecule has 7 heteroatoms. The summed E-state index contributed by atoms with van der Waals surface area (Å²) in [5, 5.41) is 9.27. The molecule has 0 radical (unpaired) electrons. The van der Waals surface area contributed by atoms with Gasteiger partial charge in [-0.2, -0.15) is 0 Å². The number of piperidine rings is 1. The molecular formula is C19H24N4O3. The van der Waals surface area contributed by atoms with E-state index in [2.05, 4.69) is 29.8 Å². The normalized spacial score (nSPS) is 27.2. The van der Waals surface area contributed by atoms with Gasteiger partial charge in [-0.3, -0.25) is 19.7 Å². The third-order valence-electron chi connectivity index (χ3n) is 5.77. The van der Waals surface area contributed by atoms with Gasteiger partial charge in [-0.15, -0.1) is 0 Å². The van der Waals surface area contributed by atoms with Gasteiger partial charge in [0.1, 0.15) is 6.04 Å². The number of benzene rings is 1. The van der Waals surface area contributed by atoms with Crippen LogP contribution < -0.4 is 16.0 Å². The largest absolute Gasteiger partial charge is 0.322 e. The van der Waals surface area contributed by atoms with E-state index in [0.29, 0.717) is 24.6 Å². The average Bonchev–Trinajstić information content (AvgIpc) is 2.90. The topological polar surface area (TPSA) is 90.5 Å². The molecule has 0 aromatic heterocycles. The molecule has 138 valence electrons. The maximum absolute atomic E-state index is 12.7. The quantitative estimate of drug-likeness (QED) is 0.675. The van der Waals surface area contributed by atoms with E-state index in [4.69, 9.17) is 0 Å².